The molecule has 0 saturated carbocycles. The molecular formula is C28H34ClN9O3S. The van der Waals surface area contributed by atoms with Gasteiger partial charge in [0.15, 0.2) is 15.7 Å². The maximum Gasteiger partial charge on any atom is 0.229 e. The largest absolute Gasteiger partial charge is 0.494 e. The molecule has 14 heteroatoms. The summed E-state index contributed by atoms with van der Waals surface area (Å²) in [6.07, 6.45) is 3.37. The Morgan fingerprint density at radius 1 is 1.05 bits per heavy atom. The number of ether oxygens (including phenoxy) is 1. The summed E-state index contributed by atoms with van der Waals surface area (Å²) in [4.78, 5) is 13.7. The van der Waals surface area contributed by atoms with Crippen LogP contribution in [0.4, 0.5) is 23.1 Å². The molecule has 0 amide bonds. The van der Waals surface area contributed by atoms with Gasteiger partial charge in [0.1, 0.15) is 10.8 Å². The molecule has 2 aromatic heterocycles. The quantitative estimate of drug-likeness (QED) is 0.268. The molecule has 1 aliphatic rings. The van der Waals surface area contributed by atoms with Crippen LogP contribution in [0.3, 0.4) is 0 Å². The number of anilines is 4. The molecule has 0 spiro atoms. The molecule has 0 radical (unpaired) electrons. The third-order valence-corrected chi connectivity index (χ3v) is 9.52. The van der Waals surface area contributed by atoms with E-state index in [-0.39, 0.29) is 21.7 Å². The number of aromatic nitrogens is 5. The van der Waals surface area contributed by atoms with Gasteiger partial charge in [-0.2, -0.15) is 4.98 Å². The molecule has 2 N–H and O–H groups in total. The summed E-state index contributed by atoms with van der Waals surface area (Å²) in [6.45, 7) is 8.13. The molecule has 5 rings (SSSR count). The lowest BCUT2D eigenvalue weighted by atomic mass is 10.2. The van der Waals surface area contributed by atoms with Crippen LogP contribution < -0.4 is 15.4 Å². The van der Waals surface area contributed by atoms with E-state index >= 15 is 0 Å². The Balaban J connectivity index is 1.33. The lowest BCUT2D eigenvalue weighted by Gasteiger charge is -2.31. The molecule has 1 saturated heterocycles. The summed E-state index contributed by atoms with van der Waals surface area (Å²) in [5, 5.41) is 14.5. The van der Waals surface area contributed by atoms with Gasteiger partial charge in [-0.25, -0.2) is 18.1 Å². The molecule has 0 bridgehead atoms. The highest BCUT2D eigenvalue weighted by molar-refractivity contribution is 7.92. The van der Waals surface area contributed by atoms with E-state index in [2.05, 4.69) is 47.8 Å². The van der Waals surface area contributed by atoms with Crippen molar-refractivity contribution in [2.45, 2.75) is 30.5 Å². The van der Waals surface area contributed by atoms with Crippen molar-refractivity contribution in [2.75, 3.05) is 51.0 Å². The van der Waals surface area contributed by atoms with E-state index in [1.165, 1.54) is 6.20 Å². The van der Waals surface area contributed by atoms with E-state index < -0.39 is 15.1 Å². The maximum absolute atomic E-state index is 12.9. The van der Waals surface area contributed by atoms with Crippen LogP contribution in [0.2, 0.25) is 5.02 Å². The zero-order valence-corrected chi connectivity index (χ0v) is 25.5. The molecule has 222 valence electrons. The van der Waals surface area contributed by atoms with E-state index in [4.69, 9.17) is 16.3 Å². The minimum absolute atomic E-state index is 0.168. The summed E-state index contributed by atoms with van der Waals surface area (Å²) >= 11 is 6.39. The van der Waals surface area contributed by atoms with E-state index in [9.17, 15) is 8.42 Å². The zero-order valence-electron chi connectivity index (χ0n) is 24.0. The third kappa shape index (κ3) is 6.65. The van der Waals surface area contributed by atoms with Crippen molar-refractivity contribution in [1.29, 1.82) is 0 Å². The average Bonchev–Trinajstić information content (AvgIpc) is 3.45. The first kappa shape index (κ1) is 29.7. The number of sulfone groups is 1. The van der Waals surface area contributed by atoms with Gasteiger partial charge < -0.3 is 20.3 Å². The standard InChI is InChI=1S/C28H34ClN9O3S/c1-19(2)42(39,40)26-8-6-5-7-24(26)31-27-22(29)16-30-28(33-27)32-23-10-9-21(15-25(23)41-4)38-18-20(34-35-38)17-37-13-11-36(3)12-14-37/h5-10,15-16,18-19H,11-14,17H2,1-4H3,(H2,30,31,32,33). The smallest absolute Gasteiger partial charge is 0.229 e. The molecule has 2 aromatic carbocycles. The number of benzene rings is 2. The van der Waals surface area contributed by atoms with Crippen molar-refractivity contribution in [3.05, 3.63) is 65.6 Å². The van der Waals surface area contributed by atoms with Crippen molar-refractivity contribution in [2.24, 2.45) is 0 Å². The highest BCUT2D eigenvalue weighted by Gasteiger charge is 2.23. The Kier molecular flexibility index (Phi) is 8.92. The van der Waals surface area contributed by atoms with Crippen LogP contribution >= 0.6 is 11.6 Å². The number of likely N-dealkylation sites (N-methyl/N-ethyl adjacent to an activating group) is 1. The molecule has 0 atom stereocenters. The van der Waals surface area contributed by atoms with Crippen LogP contribution in [-0.2, 0) is 16.4 Å². The second-order valence-electron chi connectivity index (χ2n) is 10.3. The Labute approximate surface area is 250 Å². The number of hydrogen-bond acceptors (Lipinski definition) is 11. The first-order valence-corrected chi connectivity index (χ1v) is 15.5. The Morgan fingerprint density at radius 3 is 2.55 bits per heavy atom. The van der Waals surface area contributed by atoms with Gasteiger partial charge >= 0.3 is 0 Å². The fraction of sp³-hybridized carbons (Fsp3) is 0.357. The molecular weight excluding hydrogens is 578 g/mol. The Hall–Kier alpha value is -3.78. The fourth-order valence-corrected chi connectivity index (χ4v) is 5.83. The predicted octanol–water partition coefficient (Wildman–Crippen LogP) is 4.14. The van der Waals surface area contributed by atoms with E-state index in [0.717, 1.165) is 44.1 Å². The van der Waals surface area contributed by atoms with Crippen molar-refractivity contribution < 1.29 is 13.2 Å². The van der Waals surface area contributed by atoms with Crippen LogP contribution in [0.1, 0.15) is 19.5 Å². The SMILES string of the molecule is COc1cc(-n2cc(CN3CCN(C)CC3)nn2)ccc1Nc1ncc(Cl)c(Nc2ccccc2S(=O)(=O)C(C)C)n1. The Morgan fingerprint density at radius 2 is 1.81 bits per heavy atom. The van der Waals surface area contributed by atoms with Gasteiger partial charge in [-0.1, -0.05) is 28.9 Å². The number of para-hydroxylation sites is 1. The highest BCUT2D eigenvalue weighted by Crippen LogP contribution is 2.32. The number of nitrogens with one attached hydrogen (secondary N) is 2. The number of methoxy groups -OCH3 is 1. The molecule has 0 unspecified atom stereocenters. The number of nitrogens with zero attached hydrogens (tertiary/aromatic N) is 7. The second-order valence-corrected chi connectivity index (χ2v) is 13.2. The molecule has 3 heterocycles. The molecule has 1 aliphatic heterocycles. The number of hydrogen-bond donors (Lipinski definition) is 2. The van der Waals surface area contributed by atoms with E-state index in [0.29, 0.717) is 17.1 Å². The van der Waals surface area contributed by atoms with E-state index in [1.54, 1.807) is 49.9 Å². The highest BCUT2D eigenvalue weighted by atomic mass is 35.5. The van der Waals surface area contributed by atoms with Crippen molar-refractivity contribution in [3.8, 4) is 11.4 Å². The molecule has 12 nitrogen and oxygen atoms in total. The summed E-state index contributed by atoms with van der Waals surface area (Å²) in [6, 6.07) is 12.2. The van der Waals surface area contributed by atoms with Crippen molar-refractivity contribution in [3.63, 3.8) is 0 Å². The van der Waals surface area contributed by atoms with Gasteiger partial charge in [0.05, 0.1) is 52.4 Å². The average molecular weight is 612 g/mol. The summed E-state index contributed by atoms with van der Waals surface area (Å²) in [5.41, 5.74) is 2.68. The monoisotopic (exact) mass is 611 g/mol. The lowest BCUT2D eigenvalue weighted by molar-refractivity contribution is 0.147. The van der Waals surface area contributed by atoms with Gasteiger partial charge in [-0.15, -0.1) is 5.10 Å². The molecule has 0 aliphatic carbocycles. The molecule has 4 aromatic rings. The maximum atomic E-state index is 12.9. The first-order chi connectivity index (χ1) is 20.1. The summed E-state index contributed by atoms with van der Waals surface area (Å²) in [7, 11) is 0.171. The summed E-state index contributed by atoms with van der Waals surface area (Å²) < 4.78 is 33.2. The van der Waals surface area contributed by atoms with Crippen LogP contribution in [0.25, 0.3) is 5.69 Å². The minimum atomic E-state index is -3.54. The minimum Gasteiger partial charge on any atom is -0.494 e. The van der Waals surface area contributed by atoms with Crippen LogP contribution in [0.5, 0.6) is 5.75 Å². The third-order valence-electron chi connectivity index (χ3n) is 7.03. The van der Waals surface area contributed by atoms with Gasteiger partial charge in [0.2, 0.25) is 5.95 Å². The molecule has 1 fully saturated rings. The van der Waals surface area contributed by atoms with Crippen LogP contribution in [-0.4, -0.2) is 88.8 Å². The van der Waals surface area contributed by atoms with Crippen molar-refractivity contribution in [1.82, 2.24) is 34.8 Å². The van der Waals surface area contributed by atoms with Gasteiger partial charge in [0.25, 0.3) is 0 Å². The summed E-state index contributed by atoms with van der Waals surface area (Å²) in [5.74, 6) is 1.05. The zero-order chi connectivity index (χ0) is 29.9. The lowest BCUT2D eigenvalue weighted by Crippen LogP contribution is -2.43. The number of rotatable bonds is 10. The van der Waals surface area contributed by atoms with Gasteiger partial charge in [-0.05, 0) is 45.2 Å². The van der Waals surface area contributed by atoms with Crippen LogP contribution in [0, 0.1) is 0 Å². The normalized spacial score (nSPS) is 14.7. The topological polar surface area (TPSA) is 130 Å². The van der Waals surface area contributed by atoms with Gasteiger partial charge in [-0.3, -0.25) is 4.90 Å². The number of halogens is 1. The van der Waals surface area contributed by atoms with Crippen molar-refractivity contribution >= 4 is 44.6 Å². The van der Waals surface area contributed by atoms with E-state index in [1.807, 2.05) is 24.4 Å². The second kappa shape index (κ2) is 12.6. The number of piperazine rings is 1. The molecule has 42 heavy (non-hydrogen) atoms. The predicted molar refractivity (Wildman–Crippen MR) is 163 cm³/mol. The first-order valence-electron chi connectivity index (χ1n) is 13.5. The Bertz CT molecular complexity index is 1650. The fourth-order valence-electron chi connectivity index (χ4n) is 4.49. The van der Waals surface area contributed by atoms with Gasteiger partial charge in [0, 0.05) is 38.8 Å². The van der Waals surface area contributed by atoms with Crippen LogP contribution in [0.15, 0.2) is 59.8 Å².